The van der Waals surface area contributed by atoms with Gasteiger partial charge in [0.15, 0.2) is 0 Å². The Morgan fingerprint density at radius 1 is 0.800 bits per heavy atom. The van der Waals surface area contributed by atoms with Crippen molar-refractivity contribution in [3.05, 3.63) is 87.9 Å². The van der Waals surface area contributed by atoms with Gasteiger partial charge in [-0.15, -0.1) is 0 Å². The first-order valence-electron chi connectivity index (χ1n) is 12.8. The van der Waals surface area contributed by atoms with Crippen LogP contribution in [0.25, 0.3) is 0 Å². The molecule has 5 heteroatoms. The number of nitrogens with zero attached hydrogens (tertiary/aromatic N) is 2. The van der Waals surface area contributed by atoms with E-state index in [0.717, 1.165) is 61.4 Å². The number of benzene rings is 3. The quantitative estimate of drug-likeness (QED) is 0.377. The van der Waals surface area contributed by atoms with Gasteiger partial charge >= 0.3 is 0 Å². The van der Waals surface area contributed by atoms with E-state index in [4.69, 9.17) is 21.1 Å². The number of piperazine rings is 1. The van der Waals surface area contributed by atoms with Crippen molar-refractivity contribution in [1.82, 2.24) is 4.90 Å². The van der Waals surface area contributed by atoms with Gasteiger partial charge in [0.05, 0.1) is 12.8 Å². The minimum atomic E-state index is 0.619. The van der Waals surface area contributed by atoms with Gasteiger partial charge in [-0.2, -0.15) is 0 Å². The fraction of sp³-hybridized carbons (Fsp3) is 0.400. The monoisotopic (exact) mass is 490 g/mol. The van der Waals surface area contributed by atoms with Crippen molar-refractivity contribution < 1.29 is 9.47 Å². The Labute approximate surface area is 214 Å². The highest BCUT2D eigenvalue weighted by Crippen LogP contribution is 2.32. The lowest BCUT2D eigenvalue weighted by Crippen LogP contribution is -2.47. The molecule has 0 spiro atoms. The van der Waals surface area contributed by atoms with Crippen LogP contribution in [0.3, 0.4) is 0 Å². The van der Waals surface area contributed by atoms with Gasteiger partial charge in [0, 0.05) is 37.7 Å². The third kappa shape index (κ3) is 6.12. The van der Waals surface area contributed by atoms with Crippen LogP contribution >= 0.6 is 11.6 Å². The van der Waals surface area contributed by atoms with Crippen molar-refractivity contribution in [2.45, 2.75) is 38.7 Å². The summed E-state index contributed by atoms with van der Waals surface area (Å²) in [6, 6.07) is 21.4. The van der Waals surface area contributed by atoms with E-state index in [1.165, 1.54) is 47.9 Å². The van der Waals surface area contributed by atoms with E-state index in [9.17, 15) is 0 Å². The highest BCUT2D eigenvalue weighted by atomic mass is 35.5. The Morgan fingerprint density at radius 2 is 1.54 bits per heavy atom. The molecule has 0 amide bonds. The van der Waals surface area contributed by atoms with Crippen molar-refractivity contribution in [3.63, 3.8) is 0 Å². The summed E-state index contributed by atoms with van der Waals surface area (Å²) in [6.07, 6.45) is 6.07. The number of anilines is 1. The highest BCUT2D eigenvalue weighted by Gasteiger charge is 2.20. The van der Waals surface area contributed by atoms with Crippen LogP contribution in [0.4, 0.5) is 5.69 Å². The molecule has 0 aromatic heterocycles. The molecule has 1 aliphatic heterocycles. The van der Waals surface area contributed by atoms with Gasteiger partial charge < -0.3 is 14.4 Å². The molecule has 184 valence electrons. The molecule has 5 rings (SSSR count). The fourth-order valence-electron chi connectivity index (χ4n) is 5.18. The minimum absolute atomic E-state index is 0.619. The smallest absolute Gasteiger partial charge is 0.142 e. The molecule has 0 atom stereocenters. The molecule has 0 N–H and O–H groups in total. The van der Waals surface area contributed by atoms with Crippen molar-refractivity contribution in [2.24, 2.45) is 0 Å². The van der Waals surface area contributed by atoms with Gasteiger partial charge in [0.1, 0.15) is 18.1 Å². The van der Waals surface area contributed by atoms with Gasteiger partial charge in [-0.05, 0) is 84.7 Å². The summed E-state index contributed by atoms with van der Waals surface area (Å²) in [7, 11) is 1.72. The second-order valence-electron chi connectivity index (χ2n) is 9.64. The molecule has 35 heavy (non-hydrogen) atoms. The van der Waals surface area contributed by atoms with Gasteiger partial charge in [0.2, 0.25) is 0 Å². The summed E-state index contributed by atoms with van der Waals surface area (Å²) < 4.78 is 11.6. The molecule has 0 bridgehead atoms. The normalized spacial score (nSPS) is 16.1. The van der Waals surface area contributed by atoms with Crippen molar-refractivity contribution in [1.29, 1.82) is 0 Å². The first-order valence-corrected chi connectivity index (χ1v) is 13.2. The molecule has 2 aliphatic rings. The SMILES string of the molecule is COc1ccc(Cl)cc1N1CCN(CCc2ccc(COc3ccc4c(c3)CCCC4)cc2)CC1. The standard InChI is InChI=1S/C30H35ClN2O2/c1-34-30-13-11-27(31)21-29(30)33-18-16-32(17-19-33)15-14-23-6-8-24(9-7-23)22-35-28-12-10-25-4-2-3-5-26(25)20-28/h6-13,20-21H,2-5,14-19,22H2,1H3. The van der Waals surface area contributed by atoms with Crippen LogP contribution in [0.2, 0.25) is 5.02 Å². The predicted molar refractivity (Wildman–Crippen MR) is 144 cm³/mol. The fourth-order valence-corrected chi connectivity index (χ4v) is 5.34. The largest absolute Gasteiger partial charge is 0.495 e. The lowest BCUT2D eigenvalue weighted by atomic mass is 9.92. The van der Waals surface area contributed by atoms with E-state index in [1.807, 2.05) is 18.2 Å². The Kier molecular flexibility index (Phi) is 7.80. The topological polar surface area (TPSA) is 24.9 Å². The molecule has 0 saturated carbocycles. The second kappa shape index (κ2) is 11.4. The minimum Gasteiger partial charge on any atom is -0.495 e. The van der Waals surface area contributed by atoms with E-state index in [0.29, 0.717) is 6.61 Å². The van der Waals surface area contributed by atoms with Crippen LogP contribution in [0.1, 0.15) is 35.1 Å². The predicted octanol–water partition coefficient (Wildman–Crippen LogP) is 6.17. The van der Waals surface area contributed by atoms with Gasteiger partial charge in [0.25, 0.3) is 0 Å². The van der Waals surface area contributed by atoms with Crippen molar-refractivity contribution >= 4 is 17.3 Å². The summed E-state index contributed by atoms with van der Waals surface area (Å²) >= 11 is 6.23. The lowest BCUT2D eigenvalue weighted by Gasteiger charge is -2.36. The molecule has 0 radical (unpaired) electrons. The van der Waals surface area contributed by atoms with E-state index in [2.05, 4.69) is 52.3 Å². The van der Waals surface area contributed by atoms with Crippen LogP contribution in [0.5, 0.6) is 11.5 Å². The maximum atomic E-state index is 6.23. The second-order valence-corrected chi connectivity index (χ2v) is 10.1. The number of aryl methyl sites for hydroxylation is 2. The average Bonchev–Trinajstić information content (AvgIpc) is 2.91. The maximum absolute atomic E-state index is 6.23. The number of hydrogen-bond donors (Lipinski definition) is 0. The zero-order chi connectivity index (χ0) is 24.0. The summed E-state index contributed by atoms with van der Waals surface area (Å²) in [5, 5.41) is 0.750. The Morgan fingerprint density at radius 3 is 2.31 bits per heavy atom. The van der Waals surface area contributed by atoms with Gasteiger partial charge in [-0.3, -0.25) is 4.90 Å². The Balaban J connectivity index is 1.07. The number of fused-ring (bicyclic) bond motifs is 1. The summed E-state index contributed by atoms with van der Waals surface area (Å²) in [6.45, 7) is 5.75. The third-order valence-corrected chi connectivity index (χ3v) is 7.55. The molecular weight excluding hydrogens is 456 g/mol. The van der Waals surface area contributed by atoms with E-state index >= 15 is 0 Å². The molecule has 1 fully saturated rings. The van der Waals surface area contributed by atoms with Crippen molar-refractivity contribution in [3.8, 4) is 11.5 Å². The molecule has 1 saturated heterocycles. The van der Waals surface area contributed by atoms with Gasteiger partial charge in [-0.25, -0.2) is 0 Å². The van der Waals surface area contributed by atoms with E-state index in [-0.39, 0.29) is 0 Å². The van der Waals surface area contributed by atoms with Crippen LogP contribution in [-0.4, -0.2) is 44.7 Å². The Hall–Kier alpha value is -2.69. The average molecular weight is 491 g/mol. The van der Waals surface area contributed by atoms with E-state index < -0.39 is 0 Å². The number of rotatable bonds is 8. The molecular formula is C30H35ClN2O2. The molecule has 3 aromatic carbocycles. The van der Waals surface area contributed by atoms with Crippen LogP contribution in [-0.2, 0) is 25.9 Å². The number of methoxy groups -OCH3 is 1. The molecule has 4 nitrogen and oxygen atoms in total. The zero-order valence-corrected chi connectivity index (χ0v) is 21.4. The first-order chi connectivity index (χ1) is 17.2. The summed E-state index contributed by atoms with van der Waals surface area (Å²) in [5.41, 5.74) is 6.65. The summed E-state index contributed by atoms with van der Waals surface area (Å²) in [5.74, 6) is 1.88. The first kappa shape index (κ1) is 24.0. The van der Waals surface area contributed by atoms with Crippen molar-refractivity contribution in [2.75, 3.05) is 44.7 Å². The summed E-state index contributed by atoms with van der Waals surface area (Å²) in [4.78, 5) is 4.92. The van der Waals surface area contributed by atoms with Crippen LogP contribution < -0.4 is 14.4 Å². The number of ether oxygens (including phenoxy) is 2. The van der Waals surface area contributed by atoms with E-state index in [1.54, 1.807) is 7.11 Å². The molecule has 1 heterocycles. The lowest BCUT2D eigenvalue weighted by molar-refractivity contribution is 0.260. The van der Waals surface area contributed by atoms with Crippen LogP contribution in [0.15, 0.2) is 60.7 Å². The molecule has 1 aliphatic carbocycles. The Bertz CT molecular complexity index is 1120. The van der Waals surface area contributed by atoms with Crippen LogP contribution in [0, 0.1) is 0 Å². The zero-order valence-electron chi connectivity index (χ0n) is 20.6. The molecule has 3 aromatic rings. The highest BCUT2D eigenvalue weighted by molar-refractivity contribution is 6.30. The maximum Gasteiger partial charge on any atom is 0.142 e. The number of hydrogen-bond acceptors (Lipinski definition) is 4. The number of halogens is 1. The molecule has 0 unspecified atom stereocenters. The third-order valence-electron chi connectivity index (χ3n) is 7.32. The van der Waals surface area contributed by atoms with Gasteiger partial charge in [-0.1, -0.05) is 41.9 Å².